The van der Waals surface area contributed by atoms with Crippen molar-refractivity contribution in [1.29, 1.82) is 0 Å². The van der Waals surface area contributed by atoms with Crippen LogP contribution in [-0.2, 0) is 11.2 Å². The zero-order valence-electron chi connectivity index (χ0n) is 18.0. The number of para-hydroxylation sites is 2. The van der Waals surface area contributed by atoms with Gasteiger partial charge in [-0.1, -0.05) is 24.4 Å². The maximum absolute atomic E-state index is 12.9. The molecule has 1 unspecified atom stereocenters. The topological polar surface area (TPSA) is 77.1 Å². The van der Waals surface area contributed by atoms with Crippen LogP contribution in [0.5, 0.6) is 11.5 Å². The molecule has 2 aliphatic heterocycles. The Morgan fingerprint density at radius 3 is 2.88 bits per heavy atom. The summed E-state index contributed by atoms with van der Waals surface area (Å²) < 4.78 is 16.9. The summed E-state index contributed by atoms with van der Waals surface area (Å²) in [6, 6.07) is 12.6. The van der Waals surface area contributed by atoms with Crippen LogP contribution in [0.1, 0.15) is 39.6 Å². The largest absolute Gasteiger partial charge is 0.486 e. The smallest absolute Gasteiger partial charge is 0.258 e. The van der Waals surface area contributed by atoms with Crippen LogP contribution in [-0.4, -0.2) is 60.7 Å². The number of rotatable bonds is 8. The highest BCUT2D eigenvalue weighted by Crippen LogP contribution is 2.30. The zero-order chi connectivity index (χ0) is 22.5. The molecule has 32 heavy (non-hydrogen) atoms. The Labute approximate surface area is 192 Å². The van der Waals surface area contributed by atoms with Gasteiger partial charge in [-0.25, -0.2) is 0 Å². The number of carbonyl (C=O) groups excluding carboxylic acids is 2. The molecule has 7 nitrogen and oxygen atoms in total. The van der Waals surface area contributed by atoms with Crippen LogP contribution in [0.3, 0.4) is 0 Å². The Morgan fingerprint density at radius 2 is 2.06 bits per heavy atom. The minimum Gasteiger partial charge on any atom is -0.486 e. The lowest BCUT2D eigenvalue weighted by molar-refractivity contribution is 0.0787. The number of ether oxygens (including phenoxy) is 3. The molecule has 0 saturated heterocycles. The molecular formula is C24H26N2O5S. The van der Waals surface area contributed by atoms with Gasteiger partial charge in [-0.15, -0.1) is 0 Å². The predicted molar refractivity (Wildman–Crippen MR) is 124 cm³/mol. The molecule has 8 heteroatoms. The van der Waals surface area contributed by atoms with Crippen LogP contribution in [0.25, 0.3) is 0 Å². The van der Waals surface area contributed by atoms with Crippen molar-refractivity contribution in [3.8, 4) is 11.5 Å². The molecule has 2 amide bonds. The molecule has 0 saturated carbocycles. The molecule has 4 rings (SSSR count). The highest BCUT2D eigenvalue weighted by Gasteiger charge is 2.29. The Bertz CT molecular complexity index is 1030. The molecule has 0 fully saturated rings. The number of thiocarbonyl (C=S) groups is 1. The number of fused-ring (bicyclic) bond motifs is 2. The third-order valence-corrected chi connectivity index (χ3v) is 5.78. The standard InChI is InChI=1S/C24H26N2O5S/c1-2-29-11-5-10-26-22(32)13-17-12-16(8-9-19(17)24(26)28)23(27)25-14-18-15-30-20-6-3-4-7-21(20)31-18/h3-4,6-9,12,18H,2,5,10-11,13-15H2,1H3,(H,25,27). The number of hydrogen-bond acceptors (Lipinski definition) is 6. The maximum Gasteiger partial charge on any atom is 0.258 e. The molecule has 168 valence electrons. The summed E-state index contributed by atoms with van der Waals surface area (Å²) in [5.74, 6) is 1.03. The molecule has 0 aliphatic carbocycles. The minimum absolute atomic E-state index is 0.119. The van der Waals surface area contributed by atoms with Crippen LogP contribution in [0, 0.1) is 0 Å². The summed E-state index contributed by atoms with van der Waals surface area (Å²) in [7, 11) is 0. The van der Waals surface area contributed by atoms with Gasteiger partial charge in [-0.05, 0) is 49.2 Å². The fraction of sp³-hybridized carbons (Fsp3) is 0.375. The van der Waals surface area contributed by atoms with E-state index in [0.29, 0.717) is 66.9 Å². The van der Waals surface area contributed by atoms with E-state index in [-0.39, 0.29) is 17.9 Å². The fourth-order valence-electron chi connectivity index (χ4n) is 3.77. The first-order valence-electron chi connectivity index (χ1n) is 10.8. The molecular weight excluding hydrogens is 428 g/mol. The number of nitrogens with zero attached hydrogens (tertiary/aromatic N) is 1. The lowest BCUT2D eigenvalue weighted by Crippen LogP contribution is -2.42. The van der Waals surface area contributed by atoms with Crippen molar-refractivity contribution >= 4 is 29.0 Å². The number of nitrogens with one attached hydrogen (secondary N) is 1. The van der Waals surface area contributed by atoms with Gasteiger partial charge in [0.25, 0.3) is 11.8 Å². The van der Waals surface area contributed by atoms with Gasteiger partial charge >= 0.3 is 0 Å². The molecule has 0 radical (unpaired) electrons. The molecule has 1 atom stereocenters. The summed E-state index contributed by atoms with van der Waals surface area (Å²) in [6.45, 7) is 4.40. The van der Waals surface area contributed by atoms with Gasteiger partial charge in [0, 0.05) is 37.3 Å². The van der Waals surface area contributed by atoms with Crippen molar-refractivity contribution in [2.45, 2.75) is 25.9 Å². The first kappa shape index (κ1) is 22.2. The van der Waals surface area contributed by atoms with Gasteiger partial charge in [-0.2, -0.15) is 0 Å². The number of benzene rings is 2. The summed E-state index contributed by atoms with van der Waals surface area (Å²) in [4.78, 5) is 27.8. The van der Waals surface area contributed by atoms with Crippen LogP contribution in [0.4, 0.5) is 0 Å². The third kappa shape index (κ3) is 4.92. The highest BCUT2D eigenvalue weighted by atomic mass is 32.1. The Kier molecular flexibility index (Phi) is 7.02. The zero-order valence-corrected chi connectivity index (χ0v) is 18.8. The van der Waals surface area contributed by atoms with Gasteiger partial charge in [-0.3, -0.25) is 9.59 Å². The normalized spacial score (nSPS) is 17.2. The molecule has 2 aromatic rings. The number of amides is 2. The monoisotopic (exact) mass is 454 g/mol. The average Bonchev–Trinajstić information content (AvgIpc) is 2.81. The Hall–Kier alpha value is -2.97. The lowest BCUT2D eigenvalue weighted by atomic mass is 9.96. The second-order valence-electron chi connectivity index (χ2n) is 7.66. The van der Waals surface area contributed by atoms with Crippen molar-refractivity contribution in [2.75, 3.05) is 32.9 Å². The Morgan fingerprint density at radius 1 is 1.25 bits per heavy atom. The lowest BCUT2D eigenvalue weighted by Gasteiger charge is -2.29. The van der Waals surface area contributed by atoms with E-state index in [1.807, 2.05) is 31.2 Å². The molecule has 2 aliphatic rings. The SMILES string of the molecule is CCOCCCN1C(=O)c2ccc(C(=O)NCC3COc4ccccc4O3)cc2CC1=S. The van der Waals surface area contributed by atoms with E-state index in [9.17, 15) is 9.59 Å². The summed E-state index contributed by atoms with van der Waals surface area (Å²) >= 11 is 5.47. The van der Waals surface area contributed by atoms with E-state index in [4.69, 9.17) is 26.4 Å². The minimum atomic E-state index is -0.272. The first-order chi connectivity index (χ1) is 15.6. The summed E-state index contributed by atoms with van der Waals surface area (Å²) in [5.41, 5.74) is 1.85. The molecule has 2 heterocycles. The second kappa shape index (κ2) is 10.1. The molecule has 1 N–H and O–H groups in total. The van der Waals surface area contributed by atoms with E-state index in [1.165, 1.54) is 0 Å². The van der Waals surface area contributed by atoms with E-state index >= 15 is 0 Å². The van der Waals surface area contributed by atoms with E-state index in [0.717, 1.165) is 12.0 Å². The van der Waals surface area contributed by atoms with Gasteiger partial charge in [0.2, 0.25) is 0 Å². The van der Waals surface area contributed by atoms with Gasteiger partial charge in [0.15, 0.2) is 11.5 Å². The van der Waals surface area contributed by atoms with E-state index in [2.05, 4.69) is 5.32 Å². The van der Waals surface area contributed by atoms with Crippen LogP contribution in [0.15, 0.2) is 42.5 Å². The fourth-order valence-corrected chi connectivity index (χ4v) is 4.10. The van der Waals surface area contributed by atoms with Crippen molar-refractivity contribution in [3.05, 3.63) is 59.2 Å². The summed E-state index contributed by atoms with van der Waals surface area (Å²) in [5, 5.41) is 2.89. The van der Waals surface area contributed by atoms with E-state index < -0.39 is 0 Å². The first-order valence-corrected chi connectivity index (χ1v) is 11.2. The number of carbonyl (C=O) groups is 2. The maximum atomic E-state index is 12.9. The van der Waals surface area contributed by atoms with Crippen molar-refractivity contribution in [2.24, 2.45) is 0 Å². The summed E-state index contributed by atoms with van der Waals surface area (Å²) in [6.07, 6.45) is 0.918. The quantitative estimate of drug-likeness (QED) is 0.488. The van der Waals surface area contributed by atoms with Gasteiger partial charge < -0.3 is 24.4 Å². The molecule has 0 spiro atoms. The Balaban J connectivity index is 1.36. The molecule has 0 bridgehead atoms. The van der Waals surface area contributed by atoms with Crippen LogP contribution < -0.4 is 14.8 Å². The van der Waals surface area contributed by atoms with Crippen LogP contribution in [0.2, 0.25) is 0 Å². The van der Waals surface area contributed by atoms with Crippen molar-refractivity contribution in [1.82, 2.24) is 10.2 Å². The number of hydrogen-bond donors (Lipinski definition) is 1. The predicted octanol–water partition coefficient (Wildman–Crippen LogP) is 3.01. The highest BCUT2D eigenvalue weighted by molar-refractivity contribution is 7.80. The van der Waals surface area contributed by atoms with Gasteiger partial charge in [0.1, 0.15) is 12.7 Å². The van der Waals surface area contributed by atoms with E-state index in [1.54, 1.807) is 23.1 Å². The average molecular weight is 455 g/mol. The van der Waals surface area contributed by atoms with Crippen molar-refractivity contribution in [3.63, 3.8) is 0 Å². The van der Waals surface area contributed by atoms with Gasteiger partial charge in [0.05, 0.1) is 11.5 Å². The van der Waals surface area contributed by atoms with Crippen molar-refractivity contribution < 1.29 is 23.8 Å². The van der Waals surface area contributed by atoms with Crippen LogP contribution >= 0.6 is 12.2 Å². The molecule has 2 aromatic carbocycles. The molecule has 0 aromatic heterocycles. The second-order valence-corrected chi connectivity index (χ2v) is 8.13. The third-order valence-electron chi connectivity index (χ3n) is 5.42.